The lowest BCUT2D eigenvalue weighted by Gasteiger charge is -2.24. The SMILES string of the molecule is CCCOc1ccccc1CCCNC(=O)C1CCCC(O)C1. The number of rotatable bonds is 8. The average molecular weight is 319 g/mol. The molecule has 1 fully saturated rings. The van der Waals surface area contributed by atoms with Gasteiger partial charge in [-0.2, -0.15) is 0 Å². The van der Waals surface area contributed by atoms with Gasteiger partial charge in [-0.3, -0.25) is 4.79 Å². The van der Waals surface area contributed by atoms with E-state index in [0.29, 0.717) is 13.0 Å². The van der Waals surface area contributed by atoms with Crippen LogP contribution in [0.2, 0.25) is 0 Å². The van der Waals surface area contributed by atoms with Gasteiger partial charge in [-0.25, -0.2) is 0 Å². The molecule has 0 radical (unpaired) electrons. The zero-order chi connectivity index (χ0) is 16.5. The first-order chi connectivity index (χ1) is 11.2. The molecule has 128 valence electrons. The Labute approximate surface area is 139 Å². The smallest absolute Gasteiger partial charge is 0.223 e. The molecule has 0 spiro atoms. The second kappa shape index (κ2) is 9.56. The van der Waals surface area contributed by atoms with E-state index >= 15 is 0 Å². The first-order valence-corrected chi connectivity index (χ1v) is 8.87. The predicted molar refractivity (Wildman–Crippen MR) is 91.5 cm³/mol. The Kier molecular flexibility index (Phi) is 7.40. The fraction of sp³-hybridized carbons (Fsp3) is 0.632. The number of aryl methyl sites for hydroxylation is 1. The highest BCUT2D eigenvalue weighted by Gasteiger charge is 2.25. The normalized spacial score (nSPS) is 21.0. The monoisotopic (exact) mass is 319 g/mol. The molecule has 1 aliphatic rings. The van der Waals surface area contributed by atoms with Gasteiger partial charge >= 0.3 is 0 Å². The maximum Gasteiger partial charge on any atom is 0.223 e. The molecule has 2 unspecified atom stereocenters. The van der Waals surface area contributed by atoms with Crippen LogP contribution in [0.3, 0.4) is 0 Å². The summed E-state index contributed by atoms with van der Waals surface area (Å²) in [7, 11) is 0. The average Bonchev–Trinajstić information content (AvgIpc) is 2.57. The summed E-state index contributed by atoms with van der Waals surface area (Å²) < 4.78 is 5.76. The number of hydrogen-bond acceptors (Lipinski definition) is 3. The number of ether oxygens (including phenoxy) is 1. The molecular formula is C19H29NO3. The topological polar surface area (TPSA) is 58.6 Å². The Hall–Kier alpha value is -1.55. The number of para-hydroxylation sites is 1. The lowest BCUT2D eigenvalue weighted by atomic mass is 9.86. The van der Waals surface area contributed by atoms with Crippen LogP contribution < -0.4 is 10.1 Å². The van der Waals surface area contributed by atoms with Gasteiger partial charge in [-0.05, 0) is 50.2 Å². The Balaban J connectivity index is 1.72. The zero-order valence-corrected chi connectivity index (χ0v) is 14.1. The summed E-state index contributed by atoms with van der Waals surface area (Å²) >= 11 is 0. The largest absolute Gasteiger partial charge is 0.493 e. The fourth-order valence-electron chi connectivity index (χ4n) is 3.10. The quantitative estimate of drug-likeness (QED) is 0.724. The third-order valence-electron chi connectivity index (χ3n) is 4.37. The molecule has 1 amide bonds. The Morgan fingerprint density at radius 3 is 2.96 bits per heavy atom. The summed E-state index contributed by atoms with van der Waals surface area (Å²) in [6.45, 7) is 3.51. The molecule has 0 bridgehead atoms. The van der Waals surface area contributed by atoms with Crippen molar-refractivity contribution in [2.45, 2.75) is 58.0 Å². The molecule has 1 aliphatic carbocycles. The number of carbonyl (C=O) groups is 1. The van der Waals surface area contributed by atoms with E-state index in [1.54, 1.807) is 0 Å². The van der Waals surface area contributed by atoms with Crippen molar-refractivity contribution in [1.82, 2.24) is 5.32 Å². The van der Waals surface area contributed by atoms with Gasteiger partial charge < -0.3 is 15.2 Å². The molecule has 1 aromatic carbocycles. The van der Waals surface area contributed by atoms with Crippen molar-refractivity contribution in [2.75, 3.05) is 13.2 Å². The number of benzene rings is 1. The van der Waals surface area contributed by atoms with Crippen LogP contribution in [0, 0.1) is 5.92 Å². The molecule has 2 rings (SSSR count). The van der Waals surface area contributed by atoms with Crippen LogP contribution in [-0.4, -0.2) is 30.3 Å². The van der Waals surface area contributed by atoms with E-state index in [9.17, 15) is 9.90 Å². The molecule has 1 aromatic rings. The molecule has 2 atom stereocenters. The minimum absolute atomic E-state index is 0.0149. The second-order valence-electron chi connectivity index (χ2n) is 6.37. The van der Waals surface area contributed by atoms with E-state index in [-0.39, 0.29) is 17.9 Å². The van der Waals surface area contributed by atoms with Crippen molar-refractivity contribution < 1.29 is 14.6 Å². The third kappa shape index (κ3) is 5.87. The van der Waals surface area contributed by atoms with Gasteiger partial charge in [0.2, 0.25) is 5.91 Å². The van der Waals surface area contributed by atoms with Crippen LogP contribution in [-0.2, 0) is 11.2 Å². The van der Waals surface area contributed by atoms with E-state index in [4.69, 9.17) is 4.74 Å². The molecule has 4 nitrogen and oxygen atoms in total. The summed E-state index contributed by atoms with van der Waals surface area (Å²) in [5.41, 5.74) is 1.20. The van der Waals surface area contributed by atoms with Crippen LogP contribution in [0.25, 0.3) is 0 Å². The van der Waals surface area contributed by atoms with Crippen LogP contribution >= 0.6 is 0 Å². The van der Waals surface area contributed by atoms with Crippen molar-refractivity contribution in [1.29, 1.82) is 0 Å². The Bertz CT molecular complexity index is 489. The van der Waals surface area contributed by atoms with Gasteiger partial charge in [0.05, 0.1) is 12.7 Å². The minimum Gasteiger partial charge on any atom is -0.493 e. The first-order valence-electron chi connectivity index (χ1n) is 8.87. The summed E-state index contributed by atoms with van der Waals surface area (Å²) in [5, 5.41) is 12.7. The highest BCUT2D eigenvalue weighted by atomic mass is 16.5. The summed E-state index contributed by atoms with van der Waals surface area (Å²) in [6.07, 6.45) is 5.77. The summed E-state index contributed by atoms with van der Waals surface area (Å²) in [5.74, 6) is 1.04. The predicted octanol–water partition coefficient (Wildman–Crippen LogP) is 3.08. The van der Waals surface area contributed by atoms with E-state index in [1.165, 1.54) is 5.56 Å². The Morgan fingerprint density at radius 1 is 1.35 bits per heavy atom. The van der Waals surface area contributed by atoms with Gasteiger partial charge in [-0.1, -0.05) is 31.5 Å². The number of hydrogen-bond donors (Lipinski definition) is 2. The van der Waals surface area contributed by atoms with E-state index in [0.717, 1.165) is 50.9 Å². The van der Waals surface area contributed by atoms with Crippen molar-refractivity contribution >= 4 is 5.91 Å². The molecular weight excluding hydrogens is 290 g/mol. The second-order valence-corrected chi connectivity index (χ2v) is 6.37. The van der Waals surface area contributed by atoms with Gasteiger partial charge in [0.1, 0.15) is 5.75 Å². The molecule has 2 N–H and O–H groups in total. The summed E-state index contributed by atoms with van der Waals surface area (Å²) in [4.78, 5) is 12.1. The highest BCUT2D eigenvalue weighted by molar-refractivity contribution is 5.78. The van der Waals surface area contributed by atoms with Gasteiger partial charge in [0, 0.05) is 12.5 Å². The van der Waals surface area contributed by atoms with E-state index in [2.05, 4.69) is 18.3 Å². The molecule has 0 aromatic heterocycles. The molecule has 4 heteroatoms. The van der Waals surface area contributed by atoms with Crippen molar-refractivity contribution in [3.05, 3.63) is 29.8 Å². The maximum atomic E-state index is 12.1. The number of aliphatic hydroxyl groups excluding tert-OH is 1. The maximum absolute atomic E-state index is 12.1. The van der Waals surface area contributed by atoms with Crippen molar-refractivity contribution in [2.24, 2.45) is 5.92 Å². The lowest BCUT2D eigenvalue weighted by Crippen LogP contribution is -2.35. The van der Waals surface area contributed by atoms with Gasteiger partial charge in [0.15, 0.2) is 0 Å². The third-order valence-corrected chi connectivity index (χ3v) is 4.37. The molecule has 0 saturated heterocycles. The lowest BCUT2D eigenvalue weighted by molar-refractivity contribution is -0.127. The van der Waals surface area contributed by atoms with Crippen LogP contribution in [0.1, 0.15) is 51.0 Å². The number of aliphatic hydroxyl groups is 1. The highest BCUT2D eigenvalue weighted by Crippen LogP contribution is 2.24. The van der Waals surface area contributed by atoms with E-state index < -0.39 is 0 Å². The standard InChI is InChI=1S/C19H29NO3/c1-2-13-23-18-11-4-3-7-15(18)9-6-12-20-19(22)16-8-5-10-17(21)14-16/h3-4,7,11,16-17,21H,2,5-6,8-10,12-14H2,1H3,(H,20,22). The van der Waals surface area contributed by atoms with Gasteiger partial charge in [0.25, 0.3) is 0 Å². The molecule has 0 aliphatic heterocycles. The number of amides is 1. The Morgan fingerprint density at radius 2 is 2.17 bits per heavy atom. The first kappa shape index (κ1) is 17.8. The number of carbonyl (C=O) groups excluding carboxylic acids is 1. The minimum atomic E-state index is -0.304. The molecule has 0 heterocycles. The number of nitrogens with one attached hydrogen (secondary N) is 1. The summed E-state index contributed by atoms with van der Waals surface area (Å²) in [6, 6.07) is 8.11. The molecule has 23 heavy (non-hydrogen) atoms. The zero-order valence-electron chi connectivity index (χ0n) is 14.1. The van der Waals surface area contributed by atoms with Crippen LogP contribution in [0.5, 0.6) is 5.75 Å². The van der Waals surface area contributed by atoms with Crippen molar-refractivity contribution in [3.63, 3.8) is 0 Å². The van der Waals surface area contributed by atoms with Crippen LogP contribution in [0.15, 0.2) is 24.3 Å². The molecule has 1 saturated carbocycles. The fourth-order valence-corrected chi connectivity index (χ4v) is 3.10. The van der Waals surface area contributed by atoms with E-state index in [1.807, 2.05) is 18.2 Å². The van der Waals surface area contributed by atoms with Gasteiger partial charge in [-0.15, -0.1) is 0 Å². The van der Waals surface area contributed by atoms with Crippen LogP contribution in [0.4, 0.5) is 0 Å². The van der Waals surface area contributed by atoms with Crippen molar-refractivity contribution in [3.8, 4) is 5.75 Å².